The summed E-state index contributed by atoms with van der Waals surface area (Å²) in [5.74, 6) is -0.442. The Morgan fingerprint density at radius 2 is 2.24 bits per heavy atom. The van der Waals surface area contributed by atoms with Gasteiger partial charge < -0.3 is 5.32 Å². The second kappa shape index (κ2) is 6.41. The molecule has 1 aromatic rings. The first kappa shape index (κ1) is 16.4. The van der Waals surface area contributed by atoms with Gasteiger partial charge in [0, 0.05) is 18.0 Å². The highest BCUT2D eigenvalue weighted by atomic mass is 32.2. The molecule has 1 aromatic heterocycles. The SMILES string of the molecule is CCc1nc(NC(=O)[C@@H]2CCCN(S(C)(=O)=O)C2)sc1C. The Hall–Kier alpha value is -0.990. The quantitative estimate of drug-likeness (QED) is 0.909. The highest BCUT2D eigenvalue weighted by Crippen LogP contribution is 2.25. The van der Waals surface area contributed by atoms with Crippen molar-refractivity contribution in [1.82, 2.24) is 9.29 Å². The van der Waals surface area contributed by atoms with Crippen molar-refractivity contribution in [2.24, 2.45) is 5.92 Å². The summed E-state index contributed by atoms with van der Waals surface area (Å²) in [6.45, 7) is 4.77. The van der Waals surface area contributed by atoms with E-state index in [4.69, 9.17) is 0 Å². The van der Waals surface area contributed by atoms with Crippen LogP contribution in [0.25, 0.3) is 0 Å². The second-order valence-electron chi connectivity index (χ2n) is 5.32. The standard InChI is InChI=1S/C13H21N3O3S2/c1-4-11-9(2)20-13(14-11)15-12(17)10-6-5-7-16(8-10)21(3,18)19/h10H,4-8H2,1-3H3,(H,14,15,17)/t10-/m1/s1. The summed E-state index contributed by atoms with van der Waals surface area (Å²) in [5.41, 5.74) is 0.997. The van der Waals surface area contributed by atoms with Crippen molar-refractivity contribution in [3.05, 3.63) is 10.6 Å². The van der Waals surface area contributed by atoms with Crippen LogP contribution < -0.4 is 5.32 Å². The molecule has 0 radical (unpaired) electrons. The van der Waals surface area contributed by atoms with Gasteiger partial charge in [0.1, 0.15) is 0 Å². The van der Waals surface area contributed by atoms with E-state index in [0.29, 0.717) is 24.5 Å². The molecule has 118 valence electrons. The Morgan fingerprint density at radius 3 is 2.81 bits per heavy atom. The van der Waals surface area contributed by atoms with Crippen LogP contribution in [0.4, 0.5) is 5.13 Å². The summed E-state index contributed by atoms with van der Waals surface area (Å²) in [6.07, 6.45) is 3.44. The zero-order valence-corrected chi connectivity index (χ0v) is 14.2. The predicted octanol–water partition coefficient (Wildman–Crippen LogP) is 1.62. The summed E-state index contributed by atoms with van der Waals surface area (Å²) in [6, 6.07) is 0. The molecule has 0 spiro atoms. The minimum absolute atomic E-state index is 0.139. The molecule has 1 atom stereocenters. The van der Waals surface area contributed by atoms with Gasteiger partial charge in [0.2, 0.25) is 15.9 Å². The molecule has 0 aliphatic carbocycles. The van der Waals surface area contributed by atoms with Crippen molar-refractivity contribution in [2.45, 2.75) is 33.1 Å². The number of hydrogen-bond donors (Lipinski definition) is 1. The topological polar surface area (TPSA) is 79.4 Å². The number of amides is 1. The van der Waals surface area contributed by atoms with Crippen LogP contribution in [0.1, 0.15) is 30.3 Å². The summed E-state index contributed by atoms with van der Waals surface area (Å²) in [4.78, 5) is 17.8. The van der Waals surface area contributed by atoms with E-state index in [-0.39, 0.29) is 18.4 Å². The third-order valence-electron chi connectivity index (χ3n) is 3.68. The molecular formula is C13H21N3O3S2. The van der Waals surface area contributed by atoms with E-state index in [0.717, 1.165) is 17.0 Å². The molecule has 1 aliphatic heterocycles. The van der Waals surface area contributed by atoms with Crippen LogP contribution in [-0.2, 0) is 21.2 Å². The Labute approximate surface area is 129 Å². The summed E-state index contributed by atoms with van der Waals surface area (Å²) in [7, 11) is -3.23. The average Bonchev–Trinajstić information content (AvgIpc) is 2.78. The van der Waals surface area contributed by atoms with Crippen molar-refractivity contribution in [2.75, 3.05) is 24.7 Å². The van der Waals surface area contributed by atoms with Gasteiger partial charge in [0.15, 0.2) is 5.13 Å². The smallest absolute Gasteiger partial charge is 0.230 e. The van der Waals surface area contributed by atoms with Crippen LogP contribution in [0.2, 0.25) is 0 Å². The minimum atomic E-state index is -3.23. The van der Waals surface area contributed by atoms with Crippen molar-refractivity contribution >= 4 is 32.4 Å². The van der Waals surface area contributed by atoms with E-state index in [2.05, 4.69) is 10.3 Å². The maximum Gasteiger partial charge on any atom is 0.230 e. The first-order valence-electron chi connectivity index (χ1n) is 7.03. The summed E-state index contributed by atoms with van der Waals surface area (Å²) in [5, 5.41) is 3.43. The van der Waals surface area contributed by atoms with Crippen molar-refractivity contribution < 1.29 is 13.2 Å². The maximum atomic E-state index is 12.3. The number of carbonyl (C=O) groups is 1. The fourth-order valence-corrected chi connectivity index (χ4v) is 4.29. The molecule has 0 unspecified atom stereocenters. The zero-order chi connectivity index (χ0) is 15.6. The van der Waals surface area contributed by atoms with Gasteiger partial charge >= 0.3 is 0 Å². The third-order valence-corrected chi connectivity index (χ3v) is 5.88. The molecule has 1 N–H and O–H groups in total. The highest BCUT2D eigenvalue weighted by Gasteiger charge is 2.30. The minimum Gasteiger partial charge on any atom is -0.302 e. The molecule has 0 bridgehead atoms. The molecule has 0 saturated carbocycles. The lowest BCUT2D eigenvalue weighted by atomic mass is 9.99. The number of nitrogens with one attached hydrogen (secondary N) is 1. The predicted molar refractivity (Wildman–Crippen MR) is 84.0 cm³/mol. The van der Waals surface area contributed by atoms with Crippen molar-refractivity contribution in [1.29, 1.82) is 0 Å². The largest absolute Gasteiger partial charge is 0.302 e. The fraction of sp³-hybridized carbons (Fsp3) is 0.692. The van der Waals surface area contributed by atoms with Crippen molar-refractivity contribution in [3.8, 4) is 0 Å². The molecule has 0 aromatic carbocycles. The lowest BCUT2D eigenvalue weighted by Gasteiger charge is -2.29. The monoisotopic (exact) mass is 331 g/mol. The Balaban J connectivity index is 2.02. The highest BCUT2D eigenvalue weighted by molar-refractivity contribution is 7.88. The lowest BCUT2D eigenvalue weighted by Crippen LogP contribution is -2.43. The molecule has 1 aliphatic rings. The van der Waals surface area contributed by atoms with Crippen LogP contribution in [0.15, 0.2) is 0 Å². The van der Waals surface area contributed by atoms with Gasteiger partial charge in [-0.15, -0.1) is 11.3 Å². The molecule has 8 heteroatoms. The molecule has 6 nitrogen and oxygen atoms in total. The van der Waals surface area contributed by atoms with Crippen LogP contribution in [0, 0.1) is 12.8 Å². The number of carbonyl (C=O) groups excluding carboxylic acids is 1. The normalized spacial score (nSPS) is 20.4. The van der Waals surface area contributed by atoms with E-state index >= 15 is 0 Å². The average molecular weight is 331 g/mol. The maximum absolute atomic E-state index is 12.3. The lowest BCUT2D eigenvalue weighted by molar-refractivity contribution is -0.120. The number of sulfonamides is 1. The zero-order valence-electron chi connectivity index (χ0n) is 12.5. The summed E-state index contributed by atoms with van der Waals surface area (Å²) < 4.78 is 24.5. The van der Waals surface area contributed by atoms with Crippen LogP contribution >= 0.6 is 11.3 Å². The molecule has 21 heavy (non-hydrogen) atoms. The molecular weight excluding hydrogens is 310 g/mol. The van der Waals surface area contributed by atoms with Gasteiger partial charge in [-0.3, -0.25) is 4.79 Å². The van der Waals surface area contributed by atoms with Gasteiger partial charge in [-0.2, -0.15) is 0 Å². The van der Waals surface area contributed by atoms with E-state index in [9.17, 15) is 13.2 Å². The molecule has 1 amide bonds. The van der Waals surface area contributed by atoms with Gasteiger partial charge in [0.25, 0.3) is 0 Å². The van der Waals surface area contributed by atoms with Gasteiger partial charge in [-0.05, 0) is 26.2 Å². The molecule has 1 saturated heterocycles. The fourth-order valence-electron chi connectivity index (χ4n) is 2.47. The Morgan fingerprint density at radius 1 is 1.52 bits per heavy atom. The molecule has 1 fully saturated rings. The Kier molecular flexibility index (Phi) is 5.00. The number of piperidine rings is 1. The van der Waals surface area contributed by atoms with Crippen LogP contribution in [0.5, 0.6) is 0 Å². The summed E-state index contributed by atoms with van der Waals surface area (Å²) >= 11 is 1.46. The number of anilines is 1. The first-order valence-corrected chi connectivity index (χ1v) is 9.70. The number of aromatic nitrogens is 1. The van der Waals surface area contributed by atoms with Crippen LogP contribution in [-0.4, -0.2) is 43.0 Å². The van der Waals surface area contributed by atoms with E-state index in [1.165, 1.54) is 21.9 Å². The molecule has 2 heterocycles. The number of thiazole rings is 1. The number of aryl methyl sites for hydroxylation is 2. The van der Waals surface area contributed by atoms with Gasteiger partial charge in [-0.1, -0.05) is 6.92 Å². The third kappa shape index (κ3) is 4.02. The van der Waals surface area contributed by atoms with E-state index in [1.807, 2.05) is 13.8 Å². The number of hydrogen-bond acceptors (Lipinski definition) is 5. The first-order chi connectivity index (χ1) is 9.81. The number of nitrogens with zero attached hydrogens (tertiary/aromatic N) is 2. The van der Waals surface area contributed by atoms with Gasteiger partial charge in [-0.25, -0.2) is 17.7 Å². The van der Waals surface area contributed by atoms with E-state index < -0.39 is 10.0 Å². The molecule has 2 rings (SSSR count). The van der Waals surface area contributed by atoms with E-state index in [1.54, 1.807) is 0 Å². The van der Waals surface area contributed by atoms with Crippen molar-refractivity contribution in [3.63, 3.8) is 0 Å². The van der Waals surface area contributed by atoms with Gasteiger partial charge in [0.05, 0.1) is 17.9 Å². The Bertz CT molecular complexity index is 625. The van der Waals surface area contributed by atoms with Crippen LogP contribution in [0.3, 0.4) is 0 Å². The second-order valence-corrected chi connectivity index (χ2v) is 8.51. The number of rotatable bonds is 4.